The molecule has 1 aliphatic rings. The molecule has 0 bridgehead atoms. The number of amides is 2. The van der Waals surface area contributed by atoms with Crippen LogP contribution in [0, 0.1) is 0 Å². The van der Waals surface area contributed by atoms with Crippen LogP contribution in [0.2, 0.25) is 0 Å². The molecular weight excluding hydrogens is 358 g/mol. The van der Waals surface area contributed by atoms with Gasteiger partial charge in [-0.05, 0) is 19.3 Å². The number of hydrogen-bond acceptors (Lipinski definition) is 6. The van der Waals surface area contributed by atoms with Gasteiger partial charge in [0.15, 0.2) is 0 Å². The zero-order chi connectivity index (χ0) is 20.0. The smallest absolute Gasteiger partial charge is 0.326 e. The number of nitrogens with two attached hydrogens (primary N) is 1. The van der Waals surface area contributed by atoms with E-state index in [0.29, 0.717) is 18.5 Å². The Balaban J connectivity index is 2.11. The van der Waals surface area contributed by atoms with Crippen molar-refractivity contribution in [2.45, 2.75) is 50.2 Å². The van der Waals surface area contributed by atoms with Gasteiger partial charge in [-0.15, -0.1) is 0 Å². The summed E-state index contributed by atoms with van der Waals surface area (Å²) in [6.07, 6.45) is 3.60. The summed E-state index contributed by atoms with van der Waals surface area (Å²) in [6, 6.07) is -3.07. The molecule has 0 aromatic carbocycles. The van der Waals surface area contributed by atoms with E-state index in [1.807, 2.05) is 0 Å². The maximum absolute atomic E-state index is 12.9. The zero-order valence-electron chi connectivity index (χ0n) is 14.6. The number of carboxylic acid groups (broad SMARTS) is 2. The molecule has 3 atom stereocenters. The summed E-state index contributed by atoms with van der Waals surface area (Å²) in [6.45, 7) is 0.286. The second-order valence-corrected chi connectivity index (χ2v) is 6.39. The second-order valence-electron chi connectivity index (χ2n) is 6.39. The van der Waals surface area contributed by atoms with Crippen LogP contribution in [0.4, 0.5) is 0 Å². The molecule has 2 heterocycles. The zero-order valence-corrected chi connectivity index (χ0v) is 14.6. The number of aromatic nitrogens is 2. The number of hydrogen-bond donors (Lipinski definition) is 5. The van der Waals surface area contributed by atoms with Gasteiger partial charge >= 0.3 is 11.9 Å². The molecule has 11 nitrogen and oxygen atoms in total. The van der Waals surface area contributed by atoms with Crippen molar-refractivity contribution in [3.05, 3.63) is 18.2 Å². The van der Waals surface area contributed by atoms with Crippen LogP contribution < -0.4 is 11.1 Å². The van der Waals surface area contributed by atoms with Crippen molar-refractivity contribution in [1.82, 2.24) is 20.2 Å². The van der Waals surface area contributed by atoms with Gasteiger partial charge in [-0.25, -0.2) is 9.78 Å². The van der Waals surface area contributed by atoms with Crippen molar-refractivity contribution >= 4 is 23.8 Å². The van der Waals surface area contributed by atoms with Crippen molar-refractivity contribution < 1.29 is 29.4 Å². The lowest BCUT2D eigenvalue weighted by atomic mass is 10.1. The summed E-state index contributed by atoms with van der Waals surface area (Å²) < 4.78 is 0. The fourth-order valence-corrected chi connectivity index (χ4v) is 2.99. The van der Waals surface area contributed by atoms with Gasteiger partial charge in [0, 0.05) is 25.6 Å². The number of carboxylic acids is 2. The molecule has 11 heteroatoms. The molecule has 0 saturated carbocycles. The Hall–Kier alpha value is -2.95. The van der Waals surface area contributed by atoms with E-state index in [1.165, 1.54) is 11.2 Å². The van der Waals surface area contributed by atoms with Crippen LogP contribution in [0.1, 0.15) is 31.4 Å². The number of aromatic amines is 1. The fourth-order valence-electron chi connectivity index (χ4n) is 2.99. The molecule has 0 radical (unpaired) electrons. The summed E-state index contributed by atoms with van der Waals surface area (Å²) in [5.41, 5.74) is 6.21. The van der Waals surface area contributed by atoms with E-state index in [0.717, 1.165) is 0 Å². The molecule has 1 fully saturated rings. The van der Waals surface area contributed by atoms with Gasteiger partial charge in [-0.2, -0.15) is 0 Å². The van der Waals surface area contributed by atoms with Gasteiger partial charge in [0.2, 0.25) is 11.8 Å². The molecule has 0 aliphatic carbocycles. The lowest BCUT2D eigenvalue weighted by Gasteiger charge is -2.27. The molecule has 1 aromatic heterocycles. The standard InChI is InChI=1S/C16H23N5O6/c17-10(3-4-13(22)23)14(24)20-11(6-9-7-18-8-19-9)15(25)21-5-1-2-12(21)16(26)27/h7-8,10-12H,1-6,17H2,(H,18,19)(H,20,24)(H,22,23)(H,26,27)/t10-,11-,12-/m0/s1. The second kappa shape index (κ2) is 9.12. The van der Waals surface area contributed by atoms with Crippen molar-refractivity contribution in [2.24, 2.45) is 5.73 Å². The maximum Gasteiger partial charge on any atom is 0.326 e. The first-order valence-corrected chi connectivity index (χ1v) is 8.58. The molecule has 27 heavy (non-hydrogen) atoms. The molecule has 6 N–H and O–H groups in total. The van der Waals surface area contributed by atoms with Crippen molar-refractivity contribution in [2.75, 3.05) is 6.54 Å². The predicted molar refractivity (Wildman–Crippen MR) is 91.4 cm³/mol. The van der Waals surface area contributed by atoms with Crippen molar-refractivity contribution in [3.63, 3.8) is 0 Å². The Morgan fingerprint density at radius 1 is 1.37 bits per heavy atom. The summed E-state index contributed by atoms with van der Waals surface area (Å²) in [4.78, 5) is 55.2. The quantitative estimate of drug-likeness (QED) is 0.350. The first-order chi connectivity index (χ1) is 12.8. The number of aliphatic carboxylic acids is 2. The SMILES string of the molecule is N[C@@H](CCC(=O)O)C(=O)N[C@@H](Cc1c[nH]cn1)C(=O)N1CCC[C@H]1C(=O)O. The van der Waals surface area contributed by atoms with E-state index < -0.39 is 41.9 Å². The van der Waals surface area contributed by atoms with Crippen LogP contribution in [0.5, 0.6) is 0 Å². The minimum atomic E-state index is -1.09. The summed E-state index contributed by atoms with van der Waals surface area (Å²) in [5, 5.41) is 20.5. The number of nitrogens with zero attached hydrogens (tertiary/aromatic N) is 2. The Kier molecular flexibility index (Phi) is 6.88. The summed E-state index contributed by atoms with van der Waals surface area (Å²) >= 11 is 0. The predicted octanol–water partition coefficient (Wildman–Crippen LogP) is -1.30. The van der Waals surface area contributed by atoms with Crippen LogP contribution in [0.3, 0.4) is 0 Å². The molecule has 2 amide bonds. The number of likely N-dealkylation sites (tertiary alicyclic amines) is 1. The fraction of sp³-hybridized carbons (Fsp3) is 0.562. The van der Waals surface area contributed by atoms with Gasteiger partial charge in [0.05, 0.1) is 18.1 Å². The van der Waals surface area contributed by atoms with Crippen LogP contribution >= 0.6 is 0 Å². The van der Waals surface area contributed by atoms with E-state index in [2.05, 4.69) is 15.3 Å². The van der Waals surface area contributed by atoms with Gasteiger partial charge in [-0.3, -0.25) is 14.4 Å². The third-order valence-corrected chi connectivity index (χ3v) is 4.41. The number of carbonyl (C=O) groups excluding carboxylic acids is 2. The highest BCUT2D eigenvalue weighted by Gasteiger charge is 2.38. The maximum atomic E-state index is 12.9. The highest BCUT2D eigenvalue weighted by atomic mass is 16.4. The normalized spacial score (nSPS) is 18.7. The van der Waals surface area contributed by atoms with Gasteiger partial charge in [0.25, 0.3) is 0 Å². The van der Waals surface area contributed by atoms with E-state index in [4.69, 9.17) is 10.8 Å². The molecule has 148 valence electrons. The highest BCUT2D eigenvalue weighted by molar-refractivity contribution is 5.92. The number of nitrogens with one attached hydrogen (secondary N) is 2. The average molecular weight is 381 g/mol. The van der Waals surface area contributed by atoms with Crippen LogP contribution in [0.25, 0.3) is 0 Å². The number of carbonyl (C=O) groups is 4. The van der Waals surface area contributed by atoms with E-state index in [1.54, 1.807) is 6.20 Å². The first kappa shape index (κ1) is 20.4. The Morgan fingerprint density at radius 3 is 2.70 bits per heavy atom. The topological polar surface area (TPSA) is 179 Å². The average Bonchev–Trinajstić information content (AvgIpc) is 3.29. The van der Waals surface area contributed by atoms with Crippen molar-refractivity contribution in [1.29, 1.82) is 0 Å². The number of H-pyrrole nitrogens is 1. The molecule has 1 aromatic rings. The molecule has 1 saturated heterocycles. The largest absolute Gasteiger partial charge is 0.481 e. The lowest BCUT2D eigenvalue weighted by Crippen LogP contribution is -2.55. The minimum absolute atomic E-state index is 0.0581. The minimum Gasteiger partial charge on any atom is -0.481 e. The first-order valence-electron chi connectivity index (χ1n) is 8.58. The molecule has 1 aliphatic heterocycles. The Bertz CT molecular complexity index is 691. The van der Waals surface area contributed by atoms with Crippen LogP contribution in [0.15, 0.2) is 12.5 Å². The number of rotatable bonds is 9. The third kappa shape index (κ3) is 5.51. The highest BCUT2D eigenvalue weighted by Crippen LogP contribution is 2.19. The molecular formula is C16H23N5O6. The van der Waals surface area contributed by atoms with E-state index in [-0.39, 0.29) is 25.8 Å². The molecule has 2 rings (SSSR count). The Morgan fingerprint density at radius 2 is 2.11 bits per heavy atom. The van der Waals surface area contributed by atoms with Gasteiger partial charge < -0.3 is 31.1 Å². The van der Waals surface area contributed by atoms with Gasteiger partial charge in [0.1, 0.15) is 12.1 Å². The van der Waals surface area contributed by atoms with Gasteiger partial charge in [-0.1, -0.05) is 0 Å². The molecule has 0 spiro atoms. The summed E-state index contributed by atoms with van der Waals surface area (Å²) in [5.74, 6) is -3.37. The number of imidazole rings is 1. The lowest BCUT2D eigenvalue weighted by molar-refractivity contribution is -0.149. The summed E-state index contributed by atoms with van der Waals surface area (Å²) in [7, 11) is 0. The van der Waals surface area contributed by atoms with Crippen LogP contribution in [-0.2, 0) is 25.6 Å². The monoisotopic (exact) mass is 381 g/mol. The van der Waals surface area contributed by atoms with Crippen molar-refractivity contribution in [3.8, 4) is 0 Å². The van der Waals surface area contributed by atoms with E-state index in [9.17, 15) is 24.3 Å². The third-order valence-electron chi connectivity index (χ3n) is 4.41. The molecule has 0 unspecified atom stereocenters. The van der Waals surface area contributed by atoms with Crippen LogP contribution in [-0.4, -0.2) is 73.5 Å². The Labute approximate surface area is 154 Å². The van der Waals surface area contributed by atoms with E-state index >= 15 is 0 Å².